The Balaban J connectivity index is 0.00000320. The predicted molar refractivity (Wildman–Crippen MR) is 133 cm³/mol. The van der Waals surface area contributed by atoms with E-state index in [1.165, 1.54) is 16.7 Å². The van der Waals surface area contributed by atoms with Gasteiger partial charge < -0.3 is 19.9 Å². The van der Waals surface area contributed by atoms with Crippen LogP contribution in [0.1, 0.15) is 28.1 Å². The highest BCUT2D eigenvalue weighted by Crippen LogP contribution is 2.19. The van der Waals surface area contributed by atoms with Gasteiger partial charge in [0.1, 0.15) is 11.6 Å². The number of hydrogen-bond donors (Lipinski definition) is 2. The van der Waals surface area contributed by atoms with Crippen LogP contribution in [0.2, 0.25) is 0 Å². The van der Waals surface area contributed by atoms with Gasteiger partial charge >= 0.3 is 0 Å². The fourth-order valence-corrected chi connectivity index (χ4v) is 3.19. The minimum atomic E-state index is 0. The molecular weight excluding hydrogens is 489 g/mol. The van der Waals surface area contributed by atoms with Crippen LogP contribution in [0.4, 0.5) is 0 Å². The van der Waals surface area contributed by atoms with E-state index in [4.69, 9.17) is 4.74 Å². The van der Waals surface area contributed by atoms with Crippen molar-refractivity contribution in [1.82, 2.24) is 20.2 Å². The maximum Gasteiger partial charge on any atom is 0.191 e. The zero-order valence-electron chi connectivity index (χ0n) is 18.0. The Morgan fingerprint density at radius 2 is 1.83 bits per heavy atom. The van der Waals surface area contributed by atoms with Crippen LogP contribution >= 0.6 is 24.0 Å². The third-order valence-corrected chi connectivity index (χ3v) is 4.84. The van der Waals surface area contributed by atoms with Gasteiger partial charge in [0.25, 0.3) is 0 Å². The Hall–Kier alpha value is -2.55. The molecule has 3 rings (SSSR count). The summed E-state index contributed by atoms with van der Waals surface area (Å²) < 4.78 is 7.62. The third-order valence-electron chi connectivity index (χ3n) is 4.84. The van der Waals surface area contributed by atoms with Crippen LogP contribution in [0.25, 0.3) is 0 Å². The van der Waals surface area contributed by atoms with E-state index in [1.807, 2.05) is 25.4 Å². The summed E-state index contributed by atoms with van der Waals surface area (Å²) >= 11 is 0. The number of aromatic nitrogens is 2. The van der Waals surface area contributed by atoms with Crippen LogP contribution < -0.4 is 15.4 Å². The van der Waals surface area contributed by atoms with Gasteiger partial charge in [-0.05, 0) is 36.6 Å². The van der Waals surface area contributed by atoms with Crippen molar-refractivity contribution >= 4 is 29.9 Å². The van der Waals surface area contributed by atoms with E-state index >= 15 is 0 Å². The molecule has 0 atom stereocenters. The first-order valence-electron chi connectivity index (χ1n) is 9.72. The van der Waals surface area contributed by atoms with Crippen LogP contribution in [0, 0.1) is 13.8 Å². The number of halogens is 1. The van der Waals surface area contributed by atoms with Gasteiger partial charge in [-0.25, -0.2) is 4.98 Å². The molecule has 0 bridgehead atoms. The number of hydrogen-bond acceptors (Lipinski definition) is 3. The average Bonchev–Trinajstić information content (AvgIpc) is 3.13. The number of nitrogens with zero attached hydrogens (tertiary/aromatic N) is 3. The fraction of sp³-hybridized carbons (Fsp3) is 0.304. The average molecular weight is 519 g/mol. The molecule has 1 heterocycles. The van der Waals surface area contributed by atoms with E-state index < -0.39 is 0 Å². The Morgan fingerprint density at radius 1 is 1.07 bits per heavy atom. The summed E-state index contributed by atoms with van der Waals surface area (Å²) in [5.41, 5.74) is 4.73. The molecule has 160 valence electrons. The van der Waals surface area contributed by atoms with Gasteiger partial charge in [0.05, 0.1) is 7.11 Å². The fourth-order valence-electron chi connectivity index (χ4n) is 3.19. The van der Waals surface area contributed by atoms with Crippen molar-refractivity contribution < 1.29 is 4.74 Å². The molecule has 2 N–H and O–H groups in total. The van der Waals surface area contributed by atoms with Gasteiger partial charge in [-0.3, -0.25) is 4.99 Å². The summed E-state index contributed by atoms with van der Waals surface area (Å²) in [5.74, 6) is 2.66. The number of aryl methyl sites for hydroxylation is 2. The molecule has 0 spiro atoms. The number of methoxy groups -OCH3 is 1. The summed E-state index contributed by atoms with van der Waals surface area (Å²) in [5, 5.41) is 6.74. The predicted octanol–water partition coefficient (Wildman–Crippen LogP) is 4.04. The molecule has 0 aliphatic rings. The topological polar surface area (TPSA) is 63.5 Å². The summed E-state index contributed by atoms with van der Waals surface area (Å²) in [6, 6.07) is 14.8. The number of rotatable bonds is 7. The van der Waals surface area contributed by atoms with Crippen LogP contribution in [0.3, 0.4) is 0 Å². The summed E-state index contributed by atoms with van der Waals surface area (Å²) in [4.78, 5) is 8.61. The lowest BCUT2D eigenvalue weighted by atomic mass is 10.1. The Morgan fingerprint density at radius 3 is 2.53 bits per heavy atom. The Labute approximate surface area is 195 Å². The largest absolute Gasteiger partial charge is 0.496 e. The van der Waals surface area contributed by atoms with E-state index in [0.29, 0.717) is 13.1 Å². The first-order valence-corrected chi connectivity index (χ1v) is 9.72. The van der Waals surface area contributed by atoms with Gasteiger partial charge in [-0.2, -0.15) is 0 Å². The SMILES string of the molecule is CN=C(NCc1cccc(Cn2ccnc2C)c1)NCc1ccc(C)cc1OC.I. The molecule has 6 nitrogen and oxygen atoms in total. The van der Waals surface area contributed by atoms with Crippen molar-refractivity contribution in [3.05, 3.63) is 82.9 Å². The van der Waals surface area contributed by atoms with Crippen molar-refractivity contribution in [2.75, 3.05) is 14.2 Å². The van der Waals surface area contributed by atoms with Crippen molar-refractivity contribution in [3.63, 3.8) is 0 Å². The first kappa shape index (κ1) is 23.7. The lowest BCUT2D eigenvalue weighted by molar-refractivity contribution is 0.408. The molecule has 0 amide bonds. The highest BCUT2D eigenvalue weighted by atomic mass is 127. The van der Waals surface area contributed by atoms with Crippen molar-refractivity contribution in [3.8, 4) is 5.75 Å². The second kappa shape index (κ2) is 11.6. The van der Waals surface area contributed by atoms with Crippen molar-refractivity contribution in [1.29, 1.82) is 0 Å². The molecule has 0 fully saturated rings. The van der Waals surface area contributed by atoms with Crippen LogP contribution in [0.5, 0.6) is 5.75 Å². The number of imidazole rings is 1. The molecule has 3 aromatic rings. The quantitative estimate of drug-likeness (QED) is 0.281. The molecule has 1 aromatic heterocycles. The normalized spacial score (nSPS) is 11.0. The smallest absolute Gasteiger partial charge is 0.191 e. The first-order chi connectivity index (χ1) is 14.1. The van der Waals surface area contributed by atoms with Gasteiger partial charge in [0, 0.05) is 44.6 Å². The maximum atomic E-state index is 5.48. The van der Waals surface area contributed by atoms with Crippen LogP contribution in [-0.2, 0) is 19.6 Å². The number of ether oxygens (including phenoxy) is 1. The Kier molecular flexibility index (Phi) is 9.16. The summed E-state index contributed by atoms with van der Waals surface area (Å²) in [6.07, 6.45) is 3.84. The summed E-state index contributed by atoms with van der Waals surface area (Å²) in [6.45, 7) is 6.23. The van der Waals surface area contributed by atoms with E-state index in [-0.39, 0.29) is 24.0 Å². The number of nitrogens with one attached hydrogen (secondary N) is 2. The van der Waals surface area contributed by atoms with Gasteiger partial charge in [0.2, 0.25) is 0 Å². The van der Waals surface area contributed by atoms with Gasteiger partial charge in [0.15, 0.2) is 5.96 Å². The lowest BCUT2D eigenvalue weighted by Gasteiger charge is -2.15. The zero-order chi connectivity index (χ0) is 20.6. The number of aliphatic imine (C=N–C) groups is 1. The highest BCUT2D eigenvalue weighted by molar-refractivity contribution is 14.0. The number of guanidine groups is 1. The van der Waals surface area contributed by atoms with E-state index in [0.717, 1.165) is 29.6 Å². The van der Waals surface area contributed by atoms with Crippen LogP contribution in [0.15, 0.2) is 59.9 Å². The molecule has 2 aromatic carbocycles. The molecule has 0 unspecified atom stereocenters. The zero-order valence-corrected chi connectivity index (χ0v) is 20.3. The molecule has 0 radical (unpaired) electrons. The molecule has 0 saturated heterocycles. The second-order valence-corrected chi connectivity index (χ2v) is 7.02. The minimum absolute atomic E-state index is 0. The maximum absolute atomic E-state index is 5.48. The third kappa shape index (κ3) is 6.48. The molecule has 30 heavy (non-hydrogen) atoms. The van der Waals surface area contributed by atoms with Crippen molar-refractivity contribution in [2.24, 2.45) is 4.99 Å². The molecule has 0 aliphatic carbocycles. The van der Waals surface area contributed by atoms with Gasteiger partial charge in [-0.1, -0.05) is 36.4 Å². The second-order valence-electron chi connectivity index (χ2n) is 7.02. The van der Waals surface area contributed by atoms with E-state index in [1.54, 1.807) is 14.2 Å². The molecule has 0 saturated carbocycles. The summed E-state index contributed by atoms with van der Waals surface area (Å²) in [7, 11) is 3.48. The monoisotopic (exact) mass is 519 g/mol. The van der Waals surface area contributed by atoms with Crippen molar-refractivity contribution in [2.45, 2.75) is 33.5 Å². The molecule has 7 heteroatoms. The Bertz CT molecular complexity index is 983. The minimum Gasteiger partial charge on any atom is -0.496 e. The molecule has 0 aliphatic heterocycles. The molecular formula is C23H30IN5O. The standard InChI is InChI=1S/C23H29N5O.HI/c1-17-8-9-21(22(12-17)29-4)15-27-23(24-3)26-14-19-6-5-7-20(13-19)16-28-11-10-25-18(28)2;/h5-13H,14-16H2,1-4H3,(H2,24,26,27);1H. The van der Waals surface area contributed by atoms with Gasteiger partial charge in [-0.15, -0.1) is 24.0 Å². The number of benzene rings is 2. The van der Waals surface area contributed by atoms with E-state index in [9.17, 15) is 0 Å². The van der Waals surface area contributed by atoms with Crippen LogP contribution in [-0.4, -0.2) is 29.7 Å². The lowest BCUT2D eigenvalue weighted by Crippen LogP contribution is -2.36. The van der Waals surface area contributed by atoms with E-state index in [2.05, 4.69) is 68.5 Å². The highest BCUT2D eigenvalue weighted by Gasteiger charge is 2.05.